The summed E-state index contributed by atoms with van der Waals surface area (Å²) < 4.78 is 4.92. The Morgan fingerprint density at radius 3 is 2.45 bits per heavy atom. The Balaban J connectivity index is 2.29. The standard InChI is InChI=1S/C16H21NO3/c1-12-4-6-15(7-5-12)11-17-13(2)8-9-20-16(19)10-14(3)18/h4-8,17H,9-11H2,1-3H3/b13-8-. The average molecular weight is 275 g/mol. The topological polar surface area (TPSA) is 55.4 Å². The second-order valence-corrected chi connectivity index (χ2v) is 4.79. The van der Waals surface area contributed by atoms with E-state index in [0.717, 1.165) is 12.2 Å². The molecule has 0 aromatic heterocycles. The van der Waals surface area contributed by atoms with Gasteiger partial charge in [-0.2, -0.15) is 0 Å². The molecule has 0 saturated carbocycles. The zero-order valence-electron chi connectivity index (χ0n) is 12.2. The second kappa shape index (κ2) is 8.15. The maximum Gasteiger partial charge on any atom is 0.313 e. The normalized spacial score (nSPS) is 11.1. The van der Waals surface area contributed by atoms with Gasteiger partial charge in [0.2, 0.25) is 0 Å². The molecule has 1 aromatic rings. The molecule has 1 rings (SSSR count). The molecule has 20 heavy (non-hydrogen) atoms. The Bertz CT molecular complexity index is 489. The van der Waals surface area contributed by atoms with Gasteiger partial charge in [-0.3, -0.25) is 9.59 Å². The lowest BCUT2D eigenvalue weighted by molar-refractivity contribution is -0.144. The third kappa shape index (κ3) is 6.73. The van der Waals surface area contributed by atoms with Gasteiger partial charge in [-0.25, -0.2) is 0 Å². The number of rotatable bonds is 7. The van der Waals surface area contributed by atoms with Gasteiger partial charge in [0.25, 0.3) is 0 Å². The minimum atomic E-state index is -0.486. The number of hydrogen-bond acceptors (Lipinski definition) is 4. The second-order valence-electron chi connectivity index (χ2n) is 4.79. The summed E-state index contributed by atoms with van der Waals surface area (Å²) in [5, 5.41) is 3.24. The van der Waals surface area contributed by atoms with Crippen molar-refractivity contribution < 1.29 is 14.3 Å². The van der Waals surface area contributed by atoms with Gasteiger partial charge in [-0.15, -0.1) is 0 Å². The van der Waals surface area contributed by atoms with Gasteiger partial charge in [0.1, 0.15) is 18.8 Å². The molecule has 1 aromatic carbocycles. The number of hydrogen-bond donors (Lipinski definition) is 1. The van der Waals surface area contributed by atoms with Crippen LogP contribution in [0.2, 0.25) is 0 Å². The van der Waals surface area contributed by atoms with Gasteiger partial charge < -0.3 is 10.1 Å². The Morgan fingerprint density at radius 1 is 1.20 bits per heavy atom. The SMILES string of the molecule is CC(=O)CC(=O)OC/C=C(/C)NCc1ccc(C)cc1. The average Bonchev–Trinajstić information content (AvgIpc) is 2.37. The van der Waals surface area contributed by atoms with Crippen molar-refractivity contribution in [1.82, 2.24) is 5.32 Å². The summed E-state index contributed by atoms with van der Waals surface area (Å²) >= 11 is 0. The third-order valence-corrected chi connectivity index (χ3v) is 2.72. The smallest absolute Gasteiger partial charge is 0.313 e. The van der Waals surface area contributed by atoms with Crippen LogP contribution in [0.25, 0.3) is 0 Å². The molecule has 4 nitrogen and oxygen atoms in total. The number of esters is 1. The number of allylic oxidation sites excluding steroid dienone is 1. The van der Waals surface area contributed by atoms with Crippen LogP contribution in [0.5, 0.6) is 0 Å². The molecule has 0 heterocycles. The Labute approximate surface area is 119 Å². The van der Waals surface area contributed by atoms with Crippen molar-refractivity contribution in [3.8, 4) is 0 Å². The van der Waals surface area contributed by atoms with E-state index in [0.29, 0.717) is 0 Å². The molecule has 0 spiro atoms. The number of nitrogens with one attached hydrogen (secondary N) is 1. The molecular weight excluding hydrogens is 254 g/mol. The number of Topliss-reactive ketones (excluding diaryl/α,β-unsaturated/α-hetero) is 1. The maximum absolute atomic E-state index is 11.2. The van der Waals surface area contributed by atoms with Crippen LogP contribution >= 0.6 is 0 Å². The summed E-state index contributed by atoms with van der Waals surface area (Å²) in [6, 6.07) is 8.28. The van der Waals surface area contributed by atoms with E-state index in [1.165, 1.54) is 18.1 Å². The van der Waals surface area contributed by atoms with Gasteiger partial charge in [0, 0.05) is 12.2 Å². The number of aryl methyl sites for hydroxylation is 1. The quantitative estimate of drug-likeness (QED) is 0.613. The van der Waals surface area contributed by atoms with Crippen molar-refractivity contribution in [2.24, 2.45) is 0 Å². The van der Waals surface area contributed by atoms with E-state index in [2.05, 4.69) is 36.5 Å². The number of carbonyl (C=O) groups is 2. The molecule has 0 amide bonds. The molecule has 108 valence electrons. The van der Waals surface area contributed by atoms with Gasteiger partial charge in [-0.1, -0.05) is 29.8 Å². The zero-order chi connectivity index (χ0) is 15.0. The molecule has 0 aliphatic heterocycles. The first kappa shape index (κ1) is 16.0. The van der Waals surface area contributed by atoms with E-state index < -0.39 is 5.97 Å². The fraction of sp³-hybridized carbons (Fsp3) is 0.375. The van der Waals surface area contributed by atoms with Crippen LogP contribution in [-0.2, 0) is 20.9 Å². The molecule has 4 heteroatoms. The monoisotopic (exact) mass is 275 g/mol. The molecular formula is C16H21NO3. The number of ketones is 1. The largest absolute Gasteiger partial charge is 0.461 e. The van der Waals surface area contributed by atoms with Crippen molar-refractivity contribution in [2.45, 2.75) is 33.7 Å². The summed E-state index contributed by atoms with van der Waals surface area (Å²) in [5.74, 6) is -0.673. The first-order chi connectivity index (χ1) is 9.47. The zero-order valence-corrected chi connectivity index (χ0v) is 12.2. The van der Waals surface area contributed by atoms with Gasteiger partial charge in [-0.05, 0) is 32.4 Å². The highest BCUT2D eigenvalue weighted by Gasteiger charge is 2.04. The van der Waals surface area contributed by atoms with Crippen molar-refractivity contribution >= 4 is 11.8 Å². The molecule has 0 unspecified atom stereocenters. The molecule has 0 bridgehead atoms. The Morgan fingerprint density at radius 2 is 1.85 bits per heavy atom. The maximum atomic E-state index is 11.2. The lowest BCUT2D eigenvalue weighted by Gasteiger charge is -2.07. The van der Waals surface area contributed by atoms with Crippen LogP contribution in [0, 0.1) is 6.92 Å². The van der Waals surface area contributed by atoms with E-state index in [-0.39, 0.29) is 18.8 Å². The van der Waals surface area contributed by atoms with Crippen LogP contribution < -0.4 is 5.32 Å². The molecule has 0 fully saturated rings. The minimum Gasteiger partial charge on any atom is -0.461 e. The van der Waals surface area contributed by atoms with E-state index in [9.17, 15) is 9.59 Å². The van der Waals surface area contributed by atoms with Crippen LogP contribution in [0.3, 0.4) is 0 Å². The number of carbonyl (C=O) groups excluding carboxylic acids is 2. The third-order valence-electron chi connectivity index (χ3n) is 2.72. The number of ether oxygens (including phenoxy) is 1. The predicted molar refractivity (Wildman–Crippen MR) is 78.0 cm³/mol. The molecule has 0 radical (unpaired) electrons. The van der Waals surface area contributed by atoms with Crippen LogP contribution in [0.4, 0.5) is 0 Å². The first-order valence-electron chi connectivity index (χ1n) is 6.58. The van der Waals surface area contributed by atoms with Gasteiger partial charge in [0.05, 0.1) is 0 Å². The summed E-state index contributed by atoms with van der Waals surface area (Å²) in [5.41, 5.74) is 3.36. The highest BCUT2D eigenvalue weighted by Crippen LogP contribution is 2.03. The summed E-state index contributed by atoms with van der Waals surface area (Å²) in [6.07, 6.45) is 1.62. The molecule has 0 aliphatic rings. The van der Waals surface area contributed by atoms with Crippen molar-refractivity contribution in [2.75, 3.05) is 6.61 Å². The van der Waals surface area contributed by atoms with Crippen molar-refractivity contribution in [1.29, 1.82) is 0 Å². The van der Waals surface area contributed by atoms with E-state index in [1.54, 1.807) is 6.08 Å². The molecule has 0 aliphatic carbocycles. The lowest BCUT2D eigenvalue weighted by Crippen LogP contribution is -2.13. The fourth-order valence-electron chi connectivity index (χ4n) is 1.53. The summed E-state index contributed by atoms with van der Waals surface area (Å²) in [6.45, 7) is 6.24. The summed E-state index contributed by atoms with van der Waals surface area (Å²) in [4.78, 5) is 21.9. The van der Waals surface area contributed by atoms with E-state index in [1.807, 2.05) is 6.92 Å². The Hall–Kier alpha value is -2.10. The molecule has 1 N–H and O–H groups in total. The van der Waals surface area contributed by atoms with E-state index >= 15 is 0 Å². The first-order valence-corrected chi connectivity index (χ1v) is 6.58. The van der Waals surface area contributed by atoms with Gasteiger partial charge >= 0.3 is 5.97 Å². The fourth-order valence-corrected chi connectivity index (χ4v) is 1.53. The number of benzene rings is 1. The highest BCUT2D eigenvalue weighted by molar-refractivity contribution is 5.94. The van der Waals surface area contributed by atoms with Crippen molar-refractivity contribution in [3.63, 3.8) is 0 Å². The minimum absolute atomic E-state index is 0.163. The molecule has 0 saturated heterocycles. The van der Waals surface area contributed by atoms with Gasteiger partial charge in [0.15, 0.2) is 0 Å². The van der Waals surface area contributed by atoms with Crippen LogP contribution in [-0.4, -0.2) is 18.4 Å². The molecule has 0 atom stereocenters. The van der Waals surface area contributed by atoms with E-state index in [4.69, 9.17) is 4.74 Å². The predicted octanol–water partition coefficient (Wildman–Crippen LogP) is 2.51. The van der Waals surface area contributed by atoms with Crippen molar-refractivity contribution in [3.05, 3.63) is 47.2 Å². The van der Waals surface area contributed by atoms with Crippen LogP contribution in [0.15, 0.2) is 36.0 Å². The lowest BCUT2D eigenvalue weighted by atomic mass is 10.1. The summed E-state index contributed by atoms with van der Waals surface area (Å²) in [7, 11) is 0. The Kier molecular flexibility index (Phi) is 6.50. The highest BCUT2D eigenvalue weighted by atomic mass is 16.5. The van der Waals surface area contributed by atoms with Crippen LogP contribution in [0.1, 0.15) is 31.4 Å².